The summed E-state index contributed by atoms with van der Waals surface area (Å²) in [5, 5.41) is 6.77. The van der Waals surface area contributed by atoms with E-state index in [9.17, 15) is 9.59 Å². The van der Waals surface area contributed by atoms with Gasteiger partial charge in [-0.3, -0.25) is 9.59 Å². The van der Waals surface area contributed by atoms with Crippen LogP contribution in [0.1, 0.15) is 43.8 Å². The van der Waals surface area contributed by atoms with Crippen molar-refractivity contribution in [2.75, 3.05) is 44.9 Å². The Balaban J connectivity index is 0.00000306. The molecule has 3 aromatic carbocycles. The molecular weight excluding hydrogens is 570 g/mol. The van der Waals surface area contributed by atoms with Crippen molar-refractivity contribution in [3.8, 4) is 0 Å². The first-order valence-electron chi connectivity index (χ1n) is 11.0. The maximum atomic E-state index is 13.5. The molecular formula is C27H30Cl3N3O2Zn. The Bertz CT molecular complexity index is 1200. The van der Waals surface area contributed by atoms with Crippen molar-refractivity contribution in [2.45, 2.75) is 13.3 Å². The summed E-state index contributed by atoms with van der Waals surface area (Å²) in [6.45, 7) is 3.78. The summed E-state index contributed by atoms with van der Waals surface area (Å²) in [5.41, 5.74) is 5.21. The number of ketones is 2. The summed E-state index contributed by atoms with van der Waals surface area (Å²) in [4.78, 5) is 27.0. The van der Waals surface area contributed by atoms with Gasteiger partial charge >= 0.3 is 19.5 Å². The molecule has 9 heteroatoms. The minimum atomic E-state index is -0.125. The normalized spacial score (nSPS) is 11.4. The van der Waals surface area contributed by atoms with E-state index in [4.69, 9.17) is 0 Å². The number of nitrogens with one attached hydrogen (secondary N) is 2. The zero-order valence-corrected chi connectivity index (χ0v) is 26.2. The van der Waals surface area contributed by atoms with E-state index in [1.165, 1.54) is 0 Å². The first kappa shape index (κ1) is 34.1. The van der Waals surface area contributed by atoms with Crippen LogP contribution in [0.4, 0.5) is 17.1 Å². The number of benzene rings is 3. The van der Waals surface area contributed by atoms with Gasteiger partial charge in [-0.2, -0.15) is 0 Å². The van der Waals surface area contributed by atoms with Crippen molar-refractivity contribution in [1.29, 1.82) is 0 Å². The van der Waals surface area contributed by atoms with Crippen LogP contribution in [0.3, 0.4) is 0 Å². The Labute approximate surface area is 245 Å². The van der Waals surface area contributed by atoms with Crippen molar-refractivity contribution in [3.05, 3.63) is 88.5 Å². The fourth-order valence-electron chi connectivity index (χ4n) is 4.04. The monoisotopic (exact) mass is 597 g/mol. The average molecular weight is 600 g/mol. The molecule has 0 saturated heterocycles. The van der Waals surface area contributed by atoms with Crippen LogP contribution in [-0.4, -0.2) is 50.3 Å². The summed E-state index contributed by atoms with van der Waals surface area (Å²) >= 11 is 0. The SMILES string of the molecule is Cc1ccc(Nc2ccc(NCCC[N+](C)(C)C)c3c2C(=O)c2ccccc2C3=O)cc1.[Cl-].[Cl-].[Cl-].[Zn+2]. The van der Waals surface area contributed by atoms with Crippen LogP contribution in [0.25, 0.3) is 0 Å². The third-order valence-electron chi connectivity index (χ3n) is 5.73. The molecule has 0 radical (unpaired) electrons. The van der Waals surface area contributed by atoms with Gasteiger partial charge in [-0.25, -0.2) is 0 Å². The maximum absolute atomic E-state index is 13.5. The molecule has 0 aromatic heterocycles. The van der Waals surface area contributed by atoms with Gasteiger partial charge in [0.25, 0.3) is 0 Å². The first-order valence-corrected chi connectivity index (χ1v) is 11.0. The molecule has 4 rings (SSSR count). The van der Waals surface area contributed by atoms with Gasteiger partial charge in [0.05, 0.1) is 44.5 Å². The molecule has 2 N–H and O–H groups in total. The topological polar surface area (TPSA) is 58.2 Å². The minimum Gasteiger partial charge on any atom is -1.00 e. The van der Waals surface area contributed by atoms with Crippen LogP contribution in [0.2, 0.25) is 0 Å². The number of carbonyl (C=O) groups excluding carboxylic acids is 2. The number of fused-ring (bicyclic) bond motifs is 2. The molecule has 0 atom stereocenters. The number of quaternary nitrogens is 1. The number of carbonyl (C=O) groups is 2. The number of halogens is 3. The zero-order chi connectivity index (χ0) is 22.9. The zero-order valence-electron chi connectivity index (χ0n) is 21.0. The van der Waals surface area contributed by atoms with Crippen molar-refractivity contribution in [3.63, 3.8) is 0 Å². The molecule has 5 nitrogen and oxygen atoms in total. The molecule has 188 valence electrons. The number of nitrogens with zero attached hydrogens (tertiary/aromatic N) is 1. The fourth-order valence-corrected chi connectivity index (χ4v) is 4.04. The maximum Gasteiger partial charge on any atom is 2.00 e. The molecule has 0 fully saturated rings. The molecule has 0 heterocycles. The largest absolute Gasteiger partial charge is 2.00 e. The van der Waals surface area contributed by atoms with E-state index in [1.54, 1.807) is 24.3 Å². The summed E-state index contributed by atoms with van der Waals surface area (Å²) in [6.07, 6.45) is 0.959. The van der Waals surface area contributed by atoms with Crippen LogP contribution in [0, 0.1) is 6.92 Å². The number of hydrogen-bond donors (Lipinski definition) is 2. The molecule has 0 saturated carbocycles. The molecule has 0 aliphatic heterocycles. The van der Waals surface area contributed by atoms with Crippen LogP contribution in [-0.2, 0) is 19.5 Å². The molecule has 0 amide bonds. The van der Waals surface area contributed by atoms with Crippen LogP contribution < -0.4 is 47.9 Å². The van der Waals surface area contributed by atoms with Crippen LogP contribution >= 0.6 is 0 Å². The predicted molar refractivity (Wildman–Crippen MR) is 130 cm³/mol. The van der Waals surface area contributed by atoms with Crippen molar-refractivity contribution in [1.82, 2.24) is 0 Å². The van der Waals surface area contributed by atoms with Gasteiger partial charge in [0.2, 0.25) is 0 Å². The minimum absolute atomic E-state index is 0. The standard InChI is InChI=1S/C27H29N3O2.3ClH.Zn/c1-18-10-12-19(13-11-18)29-23-15-14-22(28-16-7-17-30(2,3)4)24-25(23)27(32)21-9-6-5-8-20(21)26(24)31;;;;/h5-6,8-15H,7,16-17H2,1-4H3,(H-,28,29,31,32);3*1H;/q;;;;+2/p-2. The second-order valence-corrected chi connectivity index (χ2v) is 9.40. The van der Waals surface area contributed by atoms with Crippen molar-refractivity contribution in [2.24, 2.45) is 0 Å². The summed E-state index contributed by atoms with van der Waals surface area (Å²) < 4.78 is 0.879. The molecule has 0 unspecified atom stereocenters. The number of rotatable bonds is 7. The van der Waals surface area contributed by atoms with E-state index in [1.807, 2.05) is 43.3 Å². The van der Waals surface area contributed by atoms with Gasteiger partial charge < -0.3 is 52.3 Å². The summed E-state index contributed by atoms with van der Waals surface area (Å²) in [7, 11) is 6.48. The van der Waals surface area contributed by atoms with E-state index >= 15 is 0 Å². The van der Waals surface area contributed by atoms with E-state index in [2.05, 4.69) is 31.8 Å². The van der Waals surface area contributed by atoms with Gasteiger partial charge in [0.1, 0.15) is 0 Å². The van der Waals surface area contributed by atoms with Gasteiger partial charge in [0.15, 0.2) is 11.6 Å². The second kappa shape index (κ2) is 14.1. The summed E-state index contributed by atoms with van der Waals surface area (Å²) in [5.74, 6) is -0.239. The average Bonchev–Trinajstić information content (AvgIpc) is 2.76. The molecule has 1 aliphatic rings. The van der Waals surface area contributed by atoms with Gasteiger partial charge in [-0.05, 0) is 31.2 Å². The fraction of sp³-hybridized carbons (Fsp3) is 0.259. The van der Waals surface area contributed by atoms with Gasteiger partial charge in [0, 0.05) is 35.5 Å². The van der Waals surface area contributed by atoms with Crippen LogP contribution in [0.15, 0.2) is 60.7 Å². The number of hydrogen-bond acceptors (Lipinski definition) is 4. The van der Waals surface area contributed by atoms with Crippen molar-refractivity contribution < 1.29 is 70.8 Å². The van der Waals surface area contributed by atoms with Crippen LogP contribution in [0.5, 0.6) is 0 Å². The third-order valence-corrected chi connectivity index (χ3v) is 5.73. The third kappa shape index (κ3) is 7.53. The van der Waals surface area contributed by atoms with E-state index in [0.717, 1.165) is 35.2 Å². The van der Waals surface area contributed by atoms with Gasteiger partial charge in [-0.15, -0.1) is 0 Å². The first-order chi connectivity index (χ1) is 15.2. The Morgan fingerprint density at radius 1 is 0.722 bits per heavy atom. The van der Waals surface area contributed by atoms with Gasteiger partial charge in [-0.1, -0.05) is 42.0 Å². The Morgan fingerprint density at radius 2 is 1.22 bits per heavy atom. The van der Waals surface area contributed by atoms with E-state index in [-0.39, 0.29) is 68.3 Å². The number of aryl methyl sites for hydroxylation is 1. The Morgan fingerprint density at radius 3 is 1.75 bits per heavy atom. The van der Waals surface area contributed by atoms with E-state index < -0.39 is 0 Å². The van der Waals surface area contributed by atoms with E-state index in [0.29, 0.717) is 33.6 Å². The quantitative estimate of drug-likeness (QED) is 0.129. The summed E-state index contributed by atoms with van der Waals surface area (Å²) in [6, 6.07) is 18.8. The molecule has 0 bridgehead atoms. The smallest absolute Gasteiger partial charge is 1.00 e. The van der Waals surface area contributed by atoms with Crippen molar-refractivity contribution >= 4 is 28.6 Å². The Hall–Kier alpha value is -1.95. The predicted octanol–water partition coefficient (Wildman–Crippen LogP) is -3.97. The molecule has 36 heavy (non-hydrogen) atoms. The Kier molecular flexibility index (Phi) is 13.4. The number of anilines is 3. The molecule has 3 aromatic rings. The molecule has 0 spiro atoms. The molecule has 1 aliphatic carbocycles. The second-order valence-electron chi connectivity index (χ2n) is 9.40.